The Balaban J connectivity index is 1.32. The molecule has 2 heterocycles. The fourth-order valence-electron chi connectivity index (χ4n) is 6.09. The number of carbonyl (C=O) groups excluding carboxylic acids is 4. The maximum absolute atomic E-state index is 13.9. The van der Waals surface area contributed by atoms with Gasteiger partial charge in [0.05, 0.1) is 19.6 Å². The van der Waals surface area contributed by atoms with E-state index in [0.29, 0.717) is 44.0 Å². The van der Waals surface area contributed by atoms with Crippen molar-refractivity contribution in [2.75, 3.05) is 20.1 Å². The minimum atomic E-state index is -1.35. The number of hydrogen-bond acceptors (Lipinski definition) is 8. The van der Waals surface area contributed by atoms with Crippen LogP contribution in [-0.4, -0.2) is 70.9 Å². The van der Waals surface area contributed by atoms with Crippen LogP contribution in [0.15, 0.2) is 89.3 Å². The number of halogens is 1. The molecule has 0 radical (unpaired) electrons. The smallest absolute Gasteiger partial charge is 0.326 e. The van der Waals surface area contributed by atoms with Crippen LogP contribution in [0.1, 0.15) is 33.3 Å². The third-order valence-corrected chi connectivity index (χ3v) is 9.06. The summed E-state index contributed by atoms with van der Waals surface area (Å²) in [7, 11) is 1.38. The molecule has 0 saturated carbocycles. The Bertz CT molecular complexity index is 2200. The highest BCUT2D eigenvalue weighted by molar-refractivity contribution is 6.30. The monoisotopic (exact) mass is 723 g/mol. The summed E-state index contributed by atoms with van der Waals surface area (Å²) in [6, 6.07) is 20.8. The number of benzene rings is 4. The first-order chi connectivity index (χ1) is 24.9. The first kappa shape index (κ1) is 35.6. The number of likely N-dealkylation sites (N-methyl/N-ethyl adjacent to an activating group) is 1. The van der Waals surface area contributed by atoms with Gasteiger partial charge < -0.3 is 41.2 Å². The number of carbonyl (C=O) groups is 5. The molecule has 6 rings (SSSR count). The predicted octanol–water partition coefficient (Wildman–Crippen LogP) is 3.76. The number of aromatic hydroxyl groups is 1. The Morgan fingerprint density at radius 3 is 2.33 bits per heavy atom. The van der Waals surface area contributed by atoms with Crippen LogP contribution in [0.3, 0.4) is 0 Å². The molecule has 1 aliphatic heterocycles. The minimum absolute atomic E-state index is 0.0510. The van der Waals surface area contributed by atoms with E-state index in [9.17, 15) is 34.2 Å². The zero-order valence-electron chi connectivity index (χ0n) is 27.8. The normalized spacial score (nSPS) is 16.0. The molecule has 14 heteroatoms. The molecule has 4 bridgehead atoms. The van der Waals surface area contributed by atoms with Gasteiger partial charge in [-0.25, -0.2) is 4.79 Å². The molecule has 0 saturated heterocycles. The number of carboxylic acid groups (broad SMARTS) is 1. The number of carboxylic acids is 1. The van der Waals surface area contributed by atoms with Gasteiger partial charge in [0.1, 0.15) is 29.2 Å². The van der Waals surface area contributed by atoms with E-state index in [1.165, 1.54) is 13.1 Å². The summed E-state index contributed by atoms with van der Waals surface area (Å²) in [6.45, 7) is -1.00. The molecule has 52 heavy (non-hydrogen) atoms. The maximum Gasteiger partial charge on any atom is 0.326 e. The van der Waals surface area contributed by atoms with E-state index in [0.717, 1.165) is 16.0 Å². The summed E-state index contributed by atoms with van der Waals surface area (Å²) >= 11 is 5.99. The van der Waals surface area contributed by atoms with Crippen molar-refractivity contribution in [3.63, 3.8) is 0 Å². The number of aliphatic carboxylic acids is 1. The van der Waals surface area contributed by atoms with Gasteiger partial charge in [0.2, 0.25) is 17.7 Å². The van der Waals surface area contributed by atoms with Gasteiger partial charge >= 0.3 is 5.97 Å². The van der Waals surface area contributed by atoms with E-state index in [4.69, 9.17) is 21.8 Å². The fourth-order valence-corrected chi connectivity index (χ4v) is 6.22. The molecule has 7 N–H and O–H groups in total. The summed E-state index contributed by atoms with van der Waals surface area (Å²) in [4.78, 5) is 66.6. The van der Waals surface area contributed by atoms with Gasteiger partial charge in [-0.2, -0.15) is 0 Å². The van der Waals surface area contributed by atoms with Crippen molar-refractivity contribution in [3.8, 4) is 28.0 Å². The van der Waals surface area contributed by atoms with Crippen LogP contribution in [0.2, 0.25) is 5.02 Å². The van der Waals surface area contributed by atoms with E-state index in [1.807, 2.05) is 12.1 Å². The highest BCUT2D eigenvalue weighted by Crippen LogP contribution is 2.40. The molecule has 0 fully saturated rings. The third kappa shape index (κ3) is 7.60. The van der Waals surface area contributed by atoms with Gasteiger partial charge in [0.25, 0.3) is 5.91 Å². The quantitative estimate of drug-likeness (QED) is 0.145. The van der Waals surface area contributed by atoms with Crippen LogP contribution in [-0.2, 0) is 32.1 Å². The molecule has 4 aromatic carbocycles. The fraction of sp³-hybridized carbons (Fsp3) is 0.184. The number of nitrogens with zero attached hydrogens (tertiary/aromatic N) is 1. The number of amides is 4. The average molecular weight is 724 g/mol. The third-order valence-electron chi connectivity index (χ3n) is 8.81. The number of nitrogens with two attached hydrogens (primary N) is 1. The van der Waals surface area contributed by atoms with E-state index in [1.54, 1.807) is 66.7 Å². The van der Waals surface area contributed by atoms with Crippen LogP contribution < -0.4 is 21.7 Å². The van der Waals surface area contributed by atoms with Gasteiger partial charge in [-0.15, -0.1) is 0 Å². The van der Waals surface area contributed by atoms with Gasteiger partial charge in [-0.05, 0) is 76.9 Å². The summed E-state index contributed by atoms with van der Waals surface area (Å²) < 4.78 is 6.02. The molecule has 4 amide bonds. The Hall–Kier alpha value is -6.18. The Morgan fingerprint density at radius 1 is 0.962 bits per heavy atom. The van der Waals surface area contributed by atoms with E-state index >= 15 is 0 Å². The Morgan fingerprint density at radius 2 is 1.65 bits per heavy atom. The lowest BCUT2D eigenvalue weighted by Gasteiger charge is -2.28. The average Bonchev–Trinajstić information content (AvgIpc) is 3.56. The second-order valence-electron chi connectivity index (χ2n) is 12.3. The van der Waals surface area contributed by atoms with Gasteiger partial charge in [0.15, 0.2) is 0 Å². The second kappa shape index (κ2) is 15.0. The van der Waals surface area contributed by atoms with E-state index < -0.39 is 54.8 Å². The molecule has 266 valence electrons. The second-order valence-corrected chi connectivity index (χ2v) is 12.7. The zero-order valence-corrected chi connectivity index (χ0v) is 28.6. The van der Waals surface area contributed by atoms with Gasteiger partial charge in [0, 0.05) is 40.6 Å². The molecular formula is C38H34ClN5O8. The van der Waals surface area contributed by atoms with Crippen molar-refractivity contribution in [2.45, 2.75) is 25.0 Å². The maximum atomic E-state index is 13.9. The lowest BCUT2D eigenvalue weighted by Crippen LogP contribution is -2.49. The lowest BCUT2D eigenvalue weighted by atomic mass is 9.93. The number of fused-ring (bicyclic) bond motifs is 7. The number of furan rings is 1. The van der Waals surface area contributed by atoms with E-state index in [-0.39, 0.29) is 24.3 Å². The molecule has 1 aromatic heterocycles. The van der Waals surface area contributed by atoms with Crippen molar-refractivity contribution < 1.29 is 38.6 Å². The SMILES string of the molecule is CN(C(=O)CNC(=O)c1ccc(-c2ccc(Cl)cc2)cc1)C1C(=O)NCC(=O)NC(C(=O)O)Cc2ccc(O)c(c2)-c2cc1cc1cc(CN)oc21. The summed E-state index contributed by atoms with van der Waals surface area (Å²) in [5.74, 6) is -3.72. The molecule has 5 aromatic rings. The van der Waals surface area contributed by atoms with Crippen LogP contribution in [0.25, 0.3) is 33.2 Å². The first-order valence-electron chi connectivity index (χ1n) is 16.2. The molecule has 2 atom stereocenters. The Kier molecular flexibility index (Phi) is 10.3. The molecule has 0 aliphatic carbocycles. The van der Waals surface area contributed by atoms with E-state index in [2.05, 4.69) is 16.0 Å². The van der Waals surface area contributed by atoms with Crippen LogP contribution in [0.4, 0.5) is 0 Å². The van der Waals surface area contributed by atoms with Crippen LogP contribution in [0.5, 0.6) is 5.75 Å². The number of phenolic OH excluding ortho intramolecular Hbond substituents is 1. The van der Waals surface area contributed by atoms with Crippen molar-refractivity contribution in [1.82, 2.24) is 20.9 Å². The first-order valence-corrected chi connectivity index (χ1v) is 16.6. The Labute approximate surface area is 302 Å². The summed E-state index contributed by atoms with van der Waals surface area (Å²) in [6.07, 6.45) is -0.116. The molecule has 0 spiro atoms. The minimum Gasteiger partial charge on any atom is -0.507 e. The highest BCUT2D eigenvalue weighted by atomic mass is 35.5. The van der Waals surface area contributed by atoms with Crippen molar-refractivity contribution >= 4 is 52.2 Å². The summed E-state index contributed by atoms with van der Waals surface area (Å²) in [5, 5.41) is 29.5. The number of nitrogens with one attached hydrogen (secondary N) is 3. The standard InChI is InChI=1S/C38H34ClN5O8/c1-44(33(47)19-42-36(48)23-5-3-21(4-6-23)22-7-9-26(39)10-8-22)34-24-14-25-15-27(17-40)52-35(25)29(16-24)28-12-20(2-11-31(28)45)13-30(38(50)51)43-32(46)18-41-37(34)49/h2-12,14-16,30,34,45H,13,17-19,40H2,1H3,(H,41,49)(H,42,48)(H,43,46)(H,50,51). The highest BCUT2D eigenvalue weighted by Gasteiger charge is 2.32. The molecule has 13 nitrogen and oxygen atoms in total. The predicted molar refractivity (Wildman–Crippen MR) is 192 cm³/mol. The molecular weight excluding hydrogens is 690 g/mol. The van der Waals surface area contributed by atoms with Crippen LogP contribution >= 0.6 is 11.6 Å². The van der Waals surface area contributed by atoms with Crippen molar-refractivity contribution in [1.29, 1.82) is 0 Å². The number of hydrogen-bond donors (Lipinski definition) is 6. The topological polar surface area (TPSA) is 204 Å². The number of rotatable bonds is 7. The zero-order chi connectivity index (χ0) is 37.1. The molecule has 1 aliphatic rings. The lowest BCUT2D eigenvalue weighted by molar-refractivity contribution is -0.142. The molecule has 2 unspecified atom stereocenters. The van der Waals surface area contributed by atoms with Gasteiger partial charge in [-0.1, -0.05) is 41.9 Å². The van der Waals surface area contributed by atoms with Crippen LogP contribution in [0, 0.1) is 0 Å². The summed E-state index contributed by atoms with van der Waals surface area (Å²) in [5.41, 5.74) is 9.71. The largest absolute Gasteiger partial charge is 0.507 e. The number of phenols is 1. The van der Waals surface area contributed by atoms with Gasteiger partial charge in [-0.3, -0.25) is 19.2 Å². The van der Waals surface area contributed by atoms with Crippen molar-refractivity contribution in [3.05, 3.63) is 112 Å². The van der Waals surface area contributed by atoms with Crippen molar-refractivity contribution in [2.24, 2.45) is 5.73 Å².